The zero-order valence-electron chi connectivity index (χ0n) is 9.45. The average molecular weight is 241 g/mol. The highest BCUT2D eigenvalue weighted by atomic mass is 35.5. The SMILES string of the molecule is COC1CCCN(c2cc(Cl)ccc2N)C1. The zero-order valence-corrected chi connectivity index (χ0v) is 10.2. The van der Waals surface area contributed by atoms with E-state index < -0.39 is 0 Å². The normalized spacial score (nSPS) is 21.1. The van der Waals surface area contributed by atoms with Crippen LogP contribution in [0.1, 0.15) is 12.8 Å². The van der Waals surface area contributed by atoms with E-state index in [9.17, 15) is 0 Å². The van der Waals surface area contributed by atoms with Crippen molar-refractivity contribution in [1.29, 1.82) is 0 Å². The summed E-state index contributed by atoms with van der Waals surface area (Å²) in [6.07, 6.45) is 2.55. The lowest BCUT2D eigenvalue weighted by atomic mass is 10.1. The van der Waals surface area contributed by atoms with E-state index in [1.54, 1.807) is 7.11 Å². The minimum Gasteiger partial charge on any atom is -0.397 e. The minimum absolute atomic E-state index is 0.298. The molecular formula is C12H17ClN2O. The molecule has 2 rings (SSSR count). The number of benzene rings is 1. The number of halogens is 1. The minimum atomic E-state index is 0.298. The zero-order chi connectivity index (χ0) is 11.5. The fraction of sp³-hybridized carbons (Fsp3) is 0.500. The average Bonchev–Trinajstić information content (AvgIpc) is 2.32. The van der Waals surface area contributed by atoms with Crippen LogP contribution in [0.25, 0.3) is 0 Å². The number of ether oxygens (including phenoxy) is 1. The van der Waals surface area contributed by atoms with Crippen LogP contribution in [-0.2, 0) is 4.74 Å². The first-order valence-electron chi connectivity index (χ1n) is 5.53. The van der Waals surface area contributed by atoms with Gasteiger partial charge in [-0.1, -0.05) is 11.6 Å². The molecule has 0 saturated carbocycles. The Hall–Kier alpha value is -0.930. The highest BCUT2D eigenvalue weighted by Gasteiger charge is 2.21. The van der Waals surface area contributed by atoms with E-state index in [4.69, 9.17) is 22.1 Å². The van der Waals surface area contributed by atoms with Crippen molar-refractivity contribution < 1.29 is 4.74 Å². The largest absolute Gasteiger partial charge is 0.397 e. The Balaban J connectivity index is 2.19. The van der Waals surface area contributed by atoms with Gasteiger partial charge in [0.05, 0.1) is 17.5 Å². The molecule has 1 saturated heterocycles. The van der Waals surface area contributed by atoms with Crippen molar-refractivity contribution in [3.63, 3.8) is 0 Å². The van der Waals surface area contributed by atoms with Gasteiger partial charge in [-0.25, -0.2) is 0 Å². The molecule has 1 aliphatic rings. The summed E-state index contributed by atoms with van der Waals surface area (Å²) in [6.45, 7) is 1.91. The van der Waals surface area contributed by atoms with E-state index in [1.165, 1.54) is 0 Å². The summed E-state index contributed by atoms with van der Waals surface area (Å²) in [5.74, 6) is 0. The van der Waals surface area contributed by atoms with Crippen molar-refractivity contribution in [3.8, 4) is 0 Å². The molecule has 0 spiro atoms. The van der Waals surface area contributed by atoms with Crippen molar-refractivity contribution in [1.82, 2.24) is 0 Å². The number of anilines is 2. The van der Waals surface area contributed by atoms with E-state index in [0.29, 0.717) is 6.10 Å². The Morgan fingerprint density at radius 3 is 3.06 bits per heavy atom. The number of rotatable bonds is 2. The van der Waals surface area contributed by atoms with E-state index in [2.05, 4.69) is 4.90 Å². The third kappa shape index (κ3) is 2.42. The van der Waals surface area contributed by atoms with Gasteiger partial charge in [-0.15, -0.1) is 0 Å². The van der Waals surface area contributed by atoms with Gasteiger partial charge in [0.1, 0.15) is 0 Å². The predicted molar refractivity (Wildman–Crippen MR) is 68.1 cm³/mol. The molecule has 1 fully saturated rings. The van der Waals surface area contributed by atoms with Crippen molar-refractivity contribution in [2.75, 3.05) is 30.8 Å². The lowest BCUT2D eigenvalue weighted by Crippen LogP contribution is -2.39. The van der Waals surface area contributed by atoms with Crippen LogP contribution in [0.4, 0.5) is 11.4 Å². The van der Waals surface area contributed by atoms with Crippen LogP contribution in [0, 0.1) is 0 Å². The second-order valence-electron chi connectivity index (χ2n) is 4.15. The van der Waals surface area contributed by atoms with Gasteiger partial charge in [0, 0.05) is 25.2 Å². The molecule has 0 bridgehead atoms. The fourth-order valence-electron chi connectivity index (χ4n) is 2.14. The molecule has 0 radical (unpaired) electrons. The maximum Gasteiger partial charge on any atom is 0.0746 e. The van der Waals surface area contributed by atoms with Crippen molar-refractivity contribution in [2.24, 2.45) is 0 Å². The standard InChI is InChI=1S/C12H17ClN2O/c1-16-10-3-2-6-15(8-10)12-7-9(13)4-5-11(12)14/h4-5,7,10H,2-3,6,8,14H2,1H3. The highest BCUT2D eigenvalue weighted by Crippen LogP contribution is 2.29. The first-order chi connectivity index (χ1) is 7.70. The Kier molecular flexibility index (Phi) is 3.56. The summed E-state index contributed by atoms with van der Waals surface area (Å²) in [5.41, 5.74) is 7.77. The topological polar surface area (TPSA) is 38.5 Å². The molecule has 1 aromatic carbocycles. The molecule has 0 aliphatic carbocycles. The van der Waals surface area contributed by atoms with Gasteiger partial charge in [-0.2, -0.15) is 0 Å². The van der Waals surface area contributed by atoms with Crippen LogP contribution in [0.5, 0.6) is 0 Å². The van der Waals surface area contributed by atoms with Crippen LogP contribution in [0.15, 0.2) is 18.2 Å². The second kappa shape index (κ2) is 4.93. The molecule has 1 unspecified atom stereocenters. The lowest BCUT2D eigenvalue weighted by molar-refractivity contribution is 0.0894. The molecule has 1 heterocycles. The van der Waals surface area contributed by atoms with Gasteiger partial charge in [0.25, 0.3) is 0 Å². The Morgan fingerprint density at radius 1 is 1.50 bits per heavy atom. The number of nitrogens with two attached hydrogens (primary N) is 1. The monoisotopic (exact) mass is 240 g/mol. The van der Waals surface area contributed by atoms with Crippen LogP contribution < -0.4 is 10.6 Å². The maximum atomic E-state index is 5.99. The molecule has 88 valence electrons. The second-order valence-corrected chi connectivity index (χ2v) is 4.59. The van der Waals surface area contributed by atoms with Crippen molar-refractivity contribution in [3.05, 3.63) is 23.2 Å². The van der Waals surface area contributed by atoms with Crippen LogP contribution in [0.3, 0.4) is 0 Å². The number of nitrogens with zero attached hydrogens (tertiary/aromatic N) is 1. The maximum absolute atomic E-state index is 5.99. The highest BCUT2D eigenvalue weighted by molar-refractivity contribution is 6.31. The molecule has 16 heavy (non-hydrogen) atoms. The van der Waals surface area contributed by atoms with Gasteiger partial charge >= 0.3 is 0 Å². The smallest absolute Gasteiger partial charge is 0.0746 e. The van der Waals surface area contributed by atoms with Gasteiger partial charge in [-0.05, 0) is 31.0 Å². The lowest BCUT2D eigenvalue weighted by Gasteiger charge is -2.34. The summed E-state index contributed by atoms with van der Waals surface area (Å²) in [7, 11) is 1.76. The predicted octanol–water partition coefficient (Wildman–Crippen LogP) is 2.54. The van der Waals surface area contributed by atoms with E-state index in [0.717, 1.165) is 42.3 Å². The van der Waals surface area contributed by atoms with E-state index >= 15 is 0 Å². The fourth-order valence-corrected chi connectivity index (χ4v) is 2.31. The third-order valence-electron chi connectivity index (χ3n) is 3.04. The first kappa shape index (κ1) is 11.6. The number of nitrogen functional groups attached to an aromatic ring is 1. The molecule has 1 aromatic rings. The summed E-state index contributed by atoms with van der Waals surface area (Å²) in [6, 6.07) is 5.60. The van der Waals surface area contributed by atoms with Gasteiger partial charge in [0.15, 0.2) is 0 Å². The van der Waals surface area contributed by atoms with Gasteiger partial charge < -0.3 is 15.4 Å². The van der Waals surface area contributed by atoms with E-state index in [-0.39, 0.29) is 0 Å². The van der Waals surface area contributed by atoms with Crippen LogP contribution in [-0.4, -0.2) is 26.3 Å². The molecule has 1 aliphatic heterocycles. The molecule has 1 atom stereocenters. The van der Waals surface area contributed by atoms with Crippen LogP contribution in [0.2, 0.25) is 5.02 Å². The molecule has 4 heteroatoms. The third-order valence-corrected chi connectivity index (χ3v) is 3.28. The summed E-state index contributed by atoms with van der Waals surface area (Å²) < 4.78 is 5.40. The Labute approximate surface area is 101 Å². The summed E-state index contributed by atoms with van der Waals surface area (Å²) in [4.78, 5) is 2.25. The van der Waals surface area contributed by atoms with Gasteiger partial charge in [0.2, 0.25) is 0 Å². The summed E-state index contributed by atoms with van der Waals surface area (Å²) in [5, 5.41) is 0.726. The number of piperidine rings is 1. The first-order valence-corrected chi connectivity index (χ1v) is 5.91. The molecule has 3 nitrogen and oxygen atoms in total. The molecule has 0 amide bonds. The quantitative estimate of drug-likeness (QED) is 0.808. The molecular weight excluding hydrogens is 224 g/mol. The molecule has 0 aromatic heterocycles. The van der Waals surface area contributed by atoms with Crippen molar-refractivity contribution >= 4 is 23.0 Å². The Bertz CT molecular complexity index is 370. The van der Waals surface area contributed by atoms with Gasteiger partial charge in [-0.3, -0.25) is 0 Å². The van der Waals surface area contributed by atoms with E-state index in [1.807, 2.05) is 18.2 Å². The summed E-state index contributed by atoms with van der Waals surface area (Å²) >= 11 is 5.99. The number of hydrogen-bond acceptors (Lipinski definition) is 3. The molecule has 2 N–H and O–H groups in total. The Morgan fingerprint density at radius 2 is 2.31 bits per heavy atom. The number of hydrogen-bond donors (Lipinski definition) is 1. The van der Waals surface area contributed by atoms with Crippen molar-refractivity contribution in [2.45, 2.75) is 18.9 Å². The van der Waals surface area contributed by atoms with Crippen LogP contribution >= 0.6 is 11.6 Å². The number of methoxy groups -OCH3 is 1.